The van der Waals surface area contributed by atoms with Gasteiger partial charge in [0.1, 0.15) is 11.6 Å². The minimum atomic E-state index is 0.167. The minimum Gasteiger partial charge on any atom is -0.306 e. The van der Waals surface area contributed by atoms with Crippen LogP contribution in [0.2, 0.25) is 5.15 Å². The second kappa shape index (κ2) is 3.14. The van der Waals surface area contributed by atoms with Crippen molar-refractivity contribution in [3.63, 3.8) is 0 Å². The van der Waals surface area contributed by atoms with Gasteiger partial charge in [-0.2, -0.15) is 5.26 Å². The zero-order valence-electron chi connectivity index (χ0n) is 5.37. The molecule has 1 heterocycles. The molecular weight excluding hydrogens is 166 g/mol. The Morgan fingerprint density at radius 2 is 2.36 bits per heavy atom. The molecule has 0 fully saturated rings. The Balaban J connectivity index is 3.19. The van der Waals surface area contributed by atoms with E-state index >= 15 is 0 Å². The lowest BCUT2D eigenvalue weighted by molar-refractivity contribution is 1.01. The van der Waals surface area contributed by atoms with Gasteiger partial charge in [0.2, 0.25) is 0 Å². The summed E-state index contributed by atoms with van der Waals surface area (Å²) in [4.78, 5) is 0. The number of halogens is 1. The van der Waals surface area contributed by atoms with Gasteiger partial charge in [0.15, 0.2) is 11.0 Å². The van der Waals surface area contributed by atoms with Crippen molar-refractivity contribution in [3.8, 4) is 6.07 Å². The van der Waals surface area contributed by atoms with Crippen LogP contribution in [0.4, 0.5) is 5.82 Å². The van der Waals surface area contributed by atoms with Crippen LogP contribution in [0.25, 0.3) is 0 Å². The standard InChI is InChI=1S/C5H4ClN5/c6-4-1-3(2-7)5(9-8)11-10-4/h1H,8H2,(H,9,11). The molecule has 0 unspecified atom stereocenters. The van der Waals surface area contributed by atoms with Gasteiger partial charge < -0.3 is 5.43 Å². The molecule has 0 aromatic carbocycles. The first kappa shape index (κ1) is 7.72. The number of aromatic nitrogens is 2. The number of anilines is 1. The summed E-state index contributed by atoms with van der Waals surface area (Å²) in [5.74, 6) is 5.25. The van der Waals surface area contributed by atoms with Crippen molar-refractivity contribution in [3.05, 3.63) is 16.8 Å². The van der Waals surface area contributed by atoms with Crippen molar-refractivity contribution in [1.82, 2.24) is 10.2 Å². The molecule has 0 aliphatic heterocycles. The Morgan fingerprint density at radius 1 is 1.64 bits per heavy atom. The zero-order valence-corrected chi connectivity index (χ0v) is 6.13. The molecular formula is C5H4ClN5. The van der Waals surface area contributed by atoms with Crippen molar-refractivity contribution >= 4 is 17.4 Å². The molecule has 56 valence electrons. The summed E-state index contributed by atoms with van der Waals surface area (Å²) in [6.07, 6.45) is 0. The van der Waals surface area contributed by atoms with Gasteiger partial charge in [0, 0.05) is 0 Å². The molecule has 0 aliphatic rings. The number of nitrogens with zero attached hydrogens (tertiary/aromatic N) is 3. The molecule has 0 atom stereocenters. The highest BCUT2D eigenvalue weighted by atomic mass is 35.5. The molecule has 0 saturated heterocycles. The first-order chi connectivity index (χ1) is 5.27. The smallest absolute Gasteiger partial charge is 0.180 e. The minimum absolute atomic E-state index is 0.167. The van der Waals surface area contributed by atoms with Crippen LogP contribution in [-0.2, 0) is 0 Å². The summed E-state index contributed by atoms with van der Waals surface area (Å²) >= 11 is 5.46. The molecule has 6 heteroatoms. The van der Waals surface area contributed by atoms with E-state index in [-0.39, 0.29) is 16.5 Å². The van der Waals surface area contributed by atoms with Crippen LogP contribution < -0.4 is 11.3 Å². The number of hydrogen-bond acceptors (Lipinski definition) is 5. The lowest BCUT2D eigenvalue weighted by Crippen LogP contribution is -2.10. The highest BCUT2D eigenvalue weighted by Crippen LogP contribution is 2.11. The van der Waals surface area contributed by atoms with E-state index in [4.69, 9.17) is 22.7 Å². The summed E-state index contributed by atoms with van der Waals surface area (Å²) in [6.45, 7) is 0. The van der Waals surface area contributed by atoms with Gasteiger partial charge in [0.25, 0.3) is 0 Å². The van der Waals surface area contributed by atoms with Crippen molar-refractivity contribution in [2.45, 2.75) is 0 Å². The Kier molecular flexibility index (Phi) is 2.21. The average Bonchev–Trinajstić information content (AvgIpc) is 2.04. The Hall–Kier alpha value is -1.38. The Bertz CT molecular complexity index is 304. The van der Waals surface area contributed by atoms with Gasteiger partial charge in [-0.05, 0) is 6.07 Å². The highest BCUT2D eigenvalue weighted by molar-refractivity contribution is 6.29. The quantitative estimate of drug-likeness (QED) is 0.466. The number of rotatable bonds is 1. The van der Waals surface area contributed by atoms with E-state index in [1.165, 1.54) is 6.07 Å². The lowest BCUT2D eigenvalue weighted by atomic mass is 10.3. The Morgan fingerprint density at radius 3 is 2.91 bits per heavy atom. The van der Waals surface area contributed by atoms with E-state index in [0.717, 1.165) is 0 Å². The molecule has 1 rings (SSSR count). The van der Waals surface area contributed by atoms with Gasteiger partial charge in [-0.15, -0.1) is 10.2 Å². The van der Waals surface area contributed by atoms with E-state index in [0.29, 0.717) is 0 Å². The van der Waals surface area contributed by atoms with Crippen LogP contribution in [0.5, 0.6) is 0 Å². The first-order valence-electron chi connectivity index (χ1n) is 2.68. The van der Waals surface area contributed by atoms with Gasteiger partial charge in [-0.3, -0.25) is 0 Å². The third-order valence-corrected chi connectivity index (χ3v) is 1.21. The molecule has 0 radical (unpaired) electrons. The topological polar surface area (TPSA) is 87.6 Å². The van der Waals surface area contributed by atoms with E-state index in [1.807, 2.05) is 6.07 Å². The van der Waals surface area contributed by atoms with Crippen molar-refractivity contribution in [2.75, 3.05) is 5.43 Å². The van der Waals surface area contributed by atoms with E-state index < -0.39 is 0 Å². The predicted molar refractivity (Wildman–Crippen MR) is 39.6 cm³/mol. The molecule has 0 aliphatic carbocycles. The third kappa shape index (κ3) is 1.55. The van der Waals surface area contributed by atoms with Crippen molar-refractivity contribution < 1.29 is 0 Å². The normalized spacial score (nSPS) is 8.82. The maximum atomic E-state index is 8.50. The number of hydrazine groups is 1. The van der Waals surface area contributed by atoms with Crippen LogP contribution in [0.15, 0.2) is 6.07 Å². The van der Waals surface area contributed by atoms with Gasteiger partial charge in [-0.25, -0.2) is 5.84 Å². The fraction of sp³-hybridized carbons (Fsp3) is 0. The number of nitriles is 1. The van der Waals surface area contributed by atoms with Gasteiger partial charge in [-0.1, -0.05) is 11.6 Å². The molecule has 5 nitrogen and oxygen atoms in total. The molecule has 0 amide bonds. The largest absolute Gasteiger partial charge is 0.306 e. The summed E-state index contributed by atoms with van der Waals surface area (Å²) in [6, 6.07) is 3.24. The SMILES string of the molecule is N#Cc1cc(Cl)nnc1NN. The second-order valence-corrected chi connectivity index (χ2v) is 2.07. The zero-order chi connectivity index (χ0) is 8.27. The summed E-state index contributed by atoms with van der Waals surface area (Å²) in [7, 11) is 0. The first-order valence-corrected chi connectivity index (χ1v) is 3.05. The fourth-order valence-corrected chi connectivity index (χ4v) is 0.707. The molecule has 0 bridgehead atoms. The second-order valence-electron chi connectivity index (χ2n) is 1.69. The average molecular weight is 170 g/mol. The fourth-order valence-electron chi connectivity index (χ4n) is 0.560. The monoisotopic (exact) mass is 169 g/mol. The van der Waals surface area contributed by atoms with Crippen molar-refractivity contribution in [1.29, 1.82) is 5.26 Å². The molecule has 1 aromatic rings. The van der Waals surface area contributed by atoms with Crippen molar-refractivity contribution in [2.24, 2.45) is 5.84 Å². The maximum Gasteiger partial charge on any atom is 0.180 e. The van der Waals surface area contributed by atoms with E-state index in [9.17, 15) is 0 Å². The van der Waals surface area contributed by atoms with Crippen LogP contribution in [0.3, 0.4) is 0 Å². The van der Waals surface area contributed by atoms with Crippen LogP contribution >= 0.6 is 11.6 Å². The summed E-state index contributed by atoms with van der Waals surface area (Å²) < 4.78 is 0. The molecule has 0 spiro atoms. The number of hydrogen-bond donors (Lipinski definition) is 2. The number of nitrogen functional groups attached to an aromatic ring is 1. The third-order valence-electron chi connectivity index (χ3n) is 1.02. The Labute approximate surface area is 67.8 Å². The van der Waals surface area contributed by atoms with Crippen LogP contribution in [-0.4, -0.2) is 10.2 Å². The summed E-state index contributed by atoms with van der Waals surface area (Å²) in [5, 5.41) is 15.7. The molecule has 1 aromatic heterocycles. The van der Waals surface area contributed by atoms with Gasteiger partial charge in [0.05, 0.1) is 0 Å². The lowest BCUT2D eigenvalue weighted by Gasteiger charge is -1.98. The molecule has 11 heavy (non-hydrogen) atoms. The van der Waals surface area contributed by atoms with E-state index in [1.54, 1.807) is 0 Å². The number of nitrogens with one attached hydrogen (secondary N) is 1. The molecule has 3 N–H and O–H groups in total. The highest BCUT2D eigenvalue weighted by Gasteiger charge is 2.02. The van der Waals surface area contributed by atoms with Crippen LogP contribution in [0, 0.1) is 11.3 Å². The maximum absolute atomic E-state index is 8.50. The number of nitrogens with two attached hydrogens (primary N) is 1. The summed E-state index contributed by atoms with van der Waals surface area (Å²) in [5.41, 5.74) is 2.49. The molecule has 0 saturated carbocycles. The predicted octanol–water partition coefficient (Wildman–Crippen LogP) is 0.287. The van der Waals surface area contributed by atoms with Crippen LogP contribution in [0.1, 0.15) is 5.56 Å². The van der Waals surface area contributed by atoms with E-state index in [2.05, 4.69) is 15.6 Å². The van der Waals surface area contributed by atoms with Gasteiger partial charge >= 0.3 is 0 Å².